The Labute approximate surface area is 178 Å². The first-order valence-corrected chi connectivity index (χ1v) is 10.7. The van der Waals surface area contributed by atoms with E-state index < -0.39 is 12.8 Å². The number of likely N-dealkylation sites (tertiary alicyclic amines) is 1. The van der Waals surface area contributed by atoms with Gasteiger partial charge >= 0.3 is 6.18 Å². The minimum atomic E-state index is -4.38. The number of ether oxygens (including phenoxy) is 1. The third-order valence-corrected chi connectivity index (χ3v) is 5.75. The maximum Gasteiger partial charge on any atom is 0.422 e. The summed E-state index contributed by atoms with van der Waals surface area (Å²) in [5, 5.41) is 8.70. The van der Waals surface area contributed by atoms with Gasteiger partial charge in [-0.3, -0.25) is 9.89 Å². The number of nitrogens with one attached hydrogen (secondary N) is 2. The predicted molar refractivity (Wildman–Crippen MR) is 112 cm³/mol. The van der Waals surface area contributed by atoms with Crippen LogP contribution in [-0.2, 0) is 6.54 Å². The van der Waals surface area contributed by atoms with E-state index in [0.717, 1.165) is 25.2 Å². The van der Waals surface area contributed by atoms with Crippen molar-refractivity contribution in [3.05, 3.63) is 46.3 Å². The lowest BCUT2D eigenvalue weighted by molar-refractivity contribution is -0.154. The smallest absolute Gasteiger partial charge is 0.422 e. The molecule has 2 N–H and O–H groups in total. The summed E-state index contributed by atoms with van der Waals surface area (Å²) in [7, 11) is 1.71. The standard InChI is InChI=1S/C20H26F3N5OS/c1-24-19(26-12-15-6-7-18(25-11-15)29-14-20(21,22)23)27-13-16(17-5-4-10-30-17)28-8-2-3-9-28/h4-7,10-11,16H,2-3,8-9,12-14H2,1H3,(H2,24,26,27). The minimum absolute atomic E-state index is 0.0528. The summed E-state index contributed by atoms with van der Waals surface area (Å²) in [6.45, 7) is 2.04. The molecule has 0 aromatic carbocycles. The molecule has 1 aliphatic heterocycles. The van der Waals surface area contributed by atoms with Gasteiger partial charge in [-0.25, -0.2) is 4.98 Å². The monoisotopic (exact) mass is 441 g/mol. The van der Waals surface area contributed by atoms with Crippen molar-refractivity contribution < 1.29 is 17.9 Å². The van der Waals surface area contributed by atoms with E-state index in [4.69, 9.17) is 0 Å². The lowest BCUT2D eigenvalue weighted by Crippen LogP contribution is -2.42. The largest absolute Gasteiger partial charge is 0.468 e. The fourth-order valence-corrected chi connectivity index (χ4v) is 4.16. The summed E-state index contributed by atoms with van der Waals surface area (Å²) in [4.78, 5) is 12.0. The molecule has 1 saturated heterocycles. The highest BCUT2D eigenvalue weighted by Gasteiger charge is 2.28. The molecule has 0 saturated carbocycles. The van der Waals surface area contributed by atoms with Crippen LogP contribution >= 0.6 is 11.3 Å². The number of hydrogen-bond donors (Lipinski definition) is 2. The van der Waals surface area contributed by atoms with E-state index in [2.05, 4.69) is 47.8 Å². The van der Waals surface area contributed by atoms with Crippen LogP contribution in [0, 0.1) is 0 Å². The number of nitrogens with zero attached hydrogens (tertiary/aromatic N) is 3. The zero-order valence-electron chi connectivity index (χ0n) is 16.8. The Bertz CT molecular complexity index is 790. The highest BCUT2D eigenvalue weighted by molar-refractivity contribution is 7.10. The molecule has 164 valence electrons. The third-order valence-electron chi connectivity index (χ3n) is 4.78. The molecule has 1 fully saturated rings. The molecule has 1 atom stereocenters. The van der Waals surface area contributed by atoms with Crippen LogP contribution in [0.1, 0.15) is 29.3 Å². The van der Waals surface area contributed by atoms with Gasteiger partial charge < -0.3 is 15.4 Å². The van der Waals surface area contributed by atoms with E-state index in [1.807, 2.05) is 0 Å². The zero-order chi connectivity index (χ0) is 21.4. The Hall–Kier alpha value is -2.33. The van der Waals surface area contributed by atoms with E-state index in [1.165, 1.54) is 30.0 Å². The van der Waals surface area contributed by atoms with E-state index in [1.54, 1.807) is 24.5 Å². The van der Waals surface area contributed by atoms with E-state index in [9.17, 15) is 13.2 Å². The van der Waals surface area contributed by atoms with Crippen LogP contribution in [-0.4, -0.2) is 55.3 Å². The summed E-state index contributed by atoms with van der Waals surface area (Å²) in [6.07, 6.45) is -0.435. The Kier molecular flexibility index (Phi) is 7.92. The Morgan fingerprint density at radius 1 is 1.27 bits per heavy atom. The first-order valence-electron chi connectivity index (χ1n) is 9.81. The van der Waals surface area contributed by atoms with Gasteiger partial charge in [-0.2, -0.15) is 13.2 Å². The molecule has 0 radical (unpaired) electrons. The van der Waals surface area contributed by atoms with Gasteiger partial charge in [0.2, 0.25) is 5.88 Å². The lowest BCUT2D eigenvalue weighted by atomic mass is 10.2. The molecule has 1 aliphatic rings. The van der Waals surface area contributed by atoms with Crippen molar-refractivity contribution >= 4 is 17.3 Å². The number of halogens is 3. The molecule has 2 aromatic rings. The highest BCUT2D eigenvalue weighted by Crippen LogP contribution is 2.27. The van der Waals surface area contributed by atoms with Gasteiger partial charge in [0.15, 0.2) is 12.6 Å². The normalized spacial score (nSPS) is 16.5. The molecule has 0 amide bonds. The second kappa shape index (κ2) is 10.6. The van der Waals surface area contributed by atoms with Crippen molar-refractivity contribution in [2.75, 3.05) is 33.3 Å². The number of pyridine rings is 1. The number of alkyl halides is 3. The van der Waals surface area contributed by atoms with Crippen LogP contribution in [0.2, 0.25) is 0 Å². The van der Waals surface area contributed by atoms with E-state index in [-0.39, 0.29) is 5.88 Å². The topological polar surface area (TPSA) is 61.8 Å². The molecule has 6 nitrogen and oxygen atoms in total. The van der Waals surface area contributed by atoms with Crippen LogP contribution < -0.4 is 15.4 Å². The van der Waals surface area contributed by atoms with Crippen molar-refractivity contribution in [1.82, 2.24) is 20.5 Å². The summed E-state index contributed by atoms with van der Waals surface area (Å²) in [5.41, 5.74) is 0.812. The number of aromatic nitrogens is 1. The van der Waals surface area contributed by atoms with Gasteiger partial charge in [-0.1, -0.05) is 12.1 Å². The van der Waals surface area contributed by atoms with Crippen molar-refractivity contribution in [2.45, 2.75) is 31.6 Å². The van der Waals surface area contributed by atoms with Gasteiger partial charge in [0.25, 0.3) is 0 Å². The average Bonchev–Trinajstić information content (AvgIpc) is 3.44. The number of hydrogen-bond acceptors (Lipinski definition) is 5. The highest BCUT2D eigenvalue weighted by atomic mass is 32.1. The quantitative estimate of drug-likeness (QED) is 0.484. The SMILES string of the molecule is CN=C(NCc1ccc(OCC(F)(F)F)nc1)NCC(c1cccs1)N1CCCC1. The van der Waals surface area contributed by atoms with Crippen molar-refractivity contribution in [1.29, 1.82) is 0 Å². The second-order valence-electron chi connectivity index (χ2n) is 6.99. The lowest BCUT2D eigenvalue weighted by Gasteiger charge is -2.27. The van der Waals surface area contributed by atoms with Gasteiger partial charge in [0, 0.05) is 37.3 Å². The molecule has 3 rings (SSSR count). The fraction of sp³-hybridized carbons (Fsp3) is 0.500. The van der Waals surface area contributed by atoms with Crippen molar-refractivity contribution in [3.63, 3.8) is 0 Å². The second-order valence-corrected chi connectivity index (χ2v) is 7.97. The van der Waals surface area contributed by atoms with Crippen molar-refractivity contribution in [3.8, 4) is 5.88 Å². The molecule has 1 unspecified atom stereocenters. The molecule has 0 bridgehead atoms. The molecule has 10 heteroatoms. The first kappa shape index (κ1) is 22.4. The van der Waals surface area contributed by atoms with Crippen LogP contribution in [0.4, 0.5) is 13.2 Å². The maximum atomic E-state index is 12.2. The summed E-state index contributed by atoms with van der Waals surface area (Å²) >= 11 is 1.76. The van der Waals surface area contributed by atoms with Crippen LogP contribution in [0.5, 0.6) is 5.88 Å². The third kappa shape index (κ3) is 6.88. The van der Waals surface area contributed by atoms with Crippen LogP contribution in [0.25, 0.3) is 0 Å². The van der Waals surface area contributed by atoms with Crippen LogP contribution in [0.15, 0.2) is 40.8 Å². The molecule has 0 aliphatic carbocycles. The van der Waals surface area contributed by atoms with Crippen molar-refractivity contribution in [2.24, 2.45) is 4.99 Å². The van der Waals surface area contributed by atoms with Gasteiger partial charge in [-0.05, 0) is 42.9 Å². The number of rotatable bonds is 8. The van der Waals surface area contributed by atoms with E-state index in [0.29, 0.717) is 18.5 Å². The van der Waals surface area contributed by atoms with Gasteiger partial charge in [0.05, 0.1) is 6.04 Å². The fourth-order valence-electron chi connectivity index (χ4n) is 3.30. The van der Waals surface area contributed by atoms with E-state index >= 15 is 0 Å². The molecular weight excluding hydrogens is 415 g/mol. The number of thiophene rings is 1. The minimum Gasteiger partial charge on any atom is -0.468 e. The zero-order valence-corrected chi connectivity index (χ0v) is 17.6. The Balaban J connectivity index is 1.49. The Morgan fingerprint density at radius 3 is 2.67 bits per heavy atom. The molecule has 0 spiro atoms. The average molecular weight is 442 g/mol. The number of guanidine groups is 1. The predicted octanol–water partition coefficient (Wildman–Crippen LogP) is 3.59. The van der Waals surface area contributed by atoms with Crippen LogP contribution in [0.3, 0.4) is 0 Å². The first-order chi connectivity index (χ1) is 14.4. The maximum absolute atomic E-state index is 12.2. The van der Waals surface area contributed by atoms with Gasteiger partial charge in [-0.15, -0.1) is 11.3 Å². The van der Waals surface area contributed by atoms with Gasteiger partial charge in [0.1, 0.15) is 0 Å². The summed E-state index contributed by atoms with van der Waals surface area (Å²) in [6, 6.07) is 7.65. The number of aliphatic imine (C=N–C) groups is 1. The Morgan fingerprint density at radius 2 is 2.07 bits per heavy atom. The molecule has 2 aromatic heterocycles. The molecule has 3 heterocycles. The summed E-state index contributed by atoms with van der Waals surface area (Å²) < 4.78 is 41.2. The summed E-state index contributed by atoms with van der Waals surface area (Å²) in [5.74, 6) is 0.608. The molecular formula is C20H26F3N5OS. The molecule has 30 heavy (non-hydrogen) atoms.